The molecule has 4 heteroatoms. The highest BCUT2D eigenvalue weighted by Crippen LogP contribution is 2.14. The van der Waals surface area contributed by atoms with Crippen LogP contribution in [0, 0.1) is 0 Å². The summed E-state index contributed by atoms with van der Waals surface area (Å²) in [7, 11) is 0. The van der Waals surface area contributed by atoms with Gasteiger partial charge in [0.15, 0.2) is 0 Å². The van der Waals surface area contributed by atoms with Gasteiger partial charge in [-0.3, -0.25) is 0 Å². The molecule has 0 saturated carbocycles. The van der Waals surface area contributed by atoms with Gasteiger partial charge in [0.05, 0.1) is 11.8 Å². The van der Waals surface area contributed by atoms with E-state index in [9.17, 15) is 5.11 Å². The largest absolute Gasteiger partial charge is 0.475 e. The Labute approximate surface area is 83.7 Å². The van der Waals surface area contributed by atoms with E-state index in [1.807, 2.05) is 13.8 Å². The first-order chi connectivity index (χ1) is 6.63. The van der Waals surface area contributed by atoms with Crippen LogP contribution in [0.2, 0.25) is 0 Å². The second kappa shape index (κ2) is 4.93. The molecule has 1 aromatic heterocycles. The molecule has 0 saturated heterocycles. The normalized spacial score (nSPS) is 12.9. The predicted octanol–water partition coefficient (Wildman–Crippen LogP) is 0.861. The number of aliphatic hydroxyl groups excluding tert-OH is 1. The summed E-state index contributed by atoms with van der Waals surface area (Å²) < 4.78 is 5.39. The van der Waals surface area contributed by atoms with Crippen molar-refractivity contribution >= 4 is 0 Å². The van der Waals surface area contributed by atoms with Crippen molar-refractivity contribution in [1.29, 1.82) is 0 Å². The van der Waals surface area contributed by atoms with Gasteiger partial charge in [-0.15, -0.1) is 0 Å². The van der Waals surface area contributed by atoms with Gasteiger partial charge >= 0.3 is 0 Å². The highest BCUT2D eigenvalue weighted by Gasteiger charge is 2.08. The molecule has 4 nitrogen and oxygen atoms in total. The Morgan fingerprint density at radius 2 is 2.21 bits per heavy atom. The molecular formula is C10H16N2O2. The third-order valence-corrected chi connectivity index (χ3v) is 1.67. The first kappa shape index (κ1) is 10.9. The molecule has 1 heterocycles. The van der Waals surface area contributed by atoms with Gasteiger partial charge in [0.2, 0.25) is 5.88 Å². The maximum Gasteiger partial charge on any atom is 0.213 e. The van der Waals surface area contributed by atoms with Crippen LogP contribution in [0.3, 0.4) is 0 Å². The Morgan fingerprint density at radius 3 is 2.79 bits per heavy atom. The number of hydrogen-bond donors (Lipinski definition) is 2. The molecule has 0 spiro atoms. The number of rotatable bonds is 4. The lowest BCUT2D eigenvalue weighted by Gasteiger charge is -2.11. The van der Waals surface area contributed by atoms with Gasteiger partial charge in [0.1, 0.15) is 6.10 Å². The topological polar surface area (TPSA) is 68.4 Å². The van der Waals surface area contributed by atoms with Crippen molar-refractivity contribution in [2.75, 3.05) is 6.54 Å². The number of nitrogens with two attached hydrogens (primary N) is 1. The molecule has 0 aromatic carbocycles. The molecule has 0 bridgehead atoms. The molecule has 78 valence electrons. The summed E-state index contributed by atoms with van der Waals surface area (Å²) >= 11 is 0. The van der Waals surface area contributed by atoms with Gasteiger partial charge in [0.25, 0.3) is 0 Å². The summed E-state index contributed by atoms with van der Waals surface area (Å²) in [6.45, 7) is 4.01. The number of pyridine rings is 1. The minimum absolute atomic E-state index is 0.0766. The molecule has 0 amide bonds. The van der Waals surface area contributed by atoms with E-state index in [4.69, 9.17) is 10.5 Å². The van der Waals surface area contributed by atoms with Crippen LogP contribution in [0.4, 0.5) is 0 Å². The number of hydrogen-bond acceptors (Lipinski definition) is 4. The summed E-state index contributed by atoms with van der Waals surface area (Å²) in [5.41, 5.74) is 5.87. The van der Waals surface area contributed by atoms with Crippen LogP contribution in [-0.2, 0) is 0 Å². The summed E-state index contributed by atoms with van der Waals surface area (Å²) in [6, 6.07) is 5.27. The van der Waals surface area contributed by atoms with E-state index in [-0.39, 0.29) is 12.6 Å². The molecule has 0 aliphatic carbocycles. The van der Waals surface area contributed by atoms with Crippen molar-refractivity contribution < 1.29 is 9.84 Å². The zero-order chi connectivity index (χ0) is 10.6. The lowest BCUT2D eigenvalue weighted by molar-refractivity contribution is 0.177. The Balaban J connectivity index is 2.78. The average Bonchev–Trinajstić information content (AvgIpc) is 2.16. The zero-order valence-electron chi connectivity index (χ0n) is 8.47. The molecule has 3 N–H and O–H groups in total. The summed E-state index contributed by atoms with van der Waals surface area (Å²) in [6.07, 6.45) is -0.640. The van der Waals surface area contributed by atoms with Crippen LogP contribution >= 0.6 is 0 Å². The SMILES string of the molecule is CC(C)Oc1cccc(C(O)CN)n1. The van der Waals surface area contributed by atoms with Crippen LogP contribution in [0.25, 0.3) is 0 Å². The third-order valence-electron chi connectivity index (χ3n) is 1.67. The molecule has 0 aliphatic heterocycles. The lowest BCUT2D eigenvalue weighted by Crippen LogP contribution is -2.14. The van der Waals surface area contributed by atoms with Crippen molar-refractivity contribution in [2.45, 2.75) is 26.1 Å². The van der Waals surface area contributed by atoms with E-state index in [1.54, 1.807) is 18.2 Å². The zero-order valence-corrected chi connectivity index (χ0v) is 8.47. The van der Waals surface area contributed by atoms with E-state index in [2.05, 4.69) is 4.98 Å². The maximum absolute atomic E-state index is 9.44. The second-order valence-corrected chi connectivity index (χ2v) is 3.32. The van der Waals surface area contributed by atoms with Gasteiger partial charge in [-0.2, -0.15) is 0 Å². The molecule has 0 fully saturated rings. The van der Waals surface area contributed by atoms with Crippen molar-refractivity contribution in [1.82, 2.24) is 4.98 Å². The fourth-order valence-electron chi connectivity index (χ4n) is 1.04. The highest BCUT2D eigenvalue weighted by atomic mass is 16.5. The Kier molecular flexibility index (Phi) is 3.85. The Bertz CT molecular complexity index is 289. The fraction of sp³-hybridized carbons (Fsp3) is 0.500. The molecule has 0 radical (unpaired) electrons. The smallest absolute Gasteiger partial charge is 0.213 e. The molecule has 1 atom stereocenters. The van der Waals surface area contributed by atoms with E-state index in [0.717, 1.165) is 0 Å². The Hall–Kier alpha value is -1.13. The summed E-state index contributed by atoms with van der Waals surface area (Å²) in [4.78, 5) is 4.13. The maximum atomic E-state index is 9.44. The van der Waals surface area contributed by atoms with Gasteiger partial charge in [-0.25, -0.2) is 4.98 Å². The molecule has 1 rings (SSSR count). The van der Waals surface area contributed by atoms with Crippen LogP contribution in [0.15, 0.2) is 18.2 Å². The monoisotopic (exact) mass is 196 g/mol. The molecular weight excluding hydrogens is 180 g/mol. The molecule has 1 aromatic rings. The van der Waals surface area contributed by atoms with E-state index in [0.29, 0.717) is 11.6 Å². The van der Waals surface area contributed by atoms with Crippen molar-refractivity contribution in [3.8, 4) is 5.88 Å². The average molecular weight is 196 g/mol. The number of aromatic nitrogens is 1. The fourth-order valence-corrected chi connectivity index (χ4v) is 1.04. The Morgan fingerprint density at radius 1 is 1.50 bits per heavy atom. The third kappa shape index (κ3) is 2.97. The van der Waals surface area contributed by atoms with Gasteiger partial charge in [-0.1, -0.05) is 6.07 Å². The standard InChI is InChI=1S/C10H16N2O2/c1-7(2)14-10-5-3-4-8(12-10)9(13)6-11/h3-5,7,9,13H,6,11H2,1-2H3. The van der Waals surface area contributed by atoms with Crippen molar-refractivity contribution in [3.05, 3.63) is 23.9 Å². The van der Waals surface area contributed by atoms with E-state index >= 15 is 0 Å². The summed E-state index contributed by atoms with van der Waals surface area (Å²) in [5.74, 6) is 0.519. The second-order valence-electron chi connectivity index (χ2n) is 3.32. The minimum Gasteiger partial charge on any atom is -0.475 e. The number of ether oxygens (including phenoxy) is 1. The quantitative estimate of drug-likeness (QED) is 0.749. The van der Waals surface area contributed by atoms with Gasteiger partial charge in [0, 0.05) is 12.6 Å². The van der Waals surface area contributed by atoms with Crippen molar-refractivity contribution in [3.63, 3.8) is 0 Å². The molecule has 14 heavy (non-hydrogen) atoms. The van der Waals surface area contributed by atoms with Crippen LogP contribution < -0.4 is 10.5 Å². The van der Waals surface area contributed by atoms with Crippen LogP contribution in [-0.4, -0.2) is 22.7 Å². The predicted molar refractivity (Wildman–Crippen MR) is 54.0 cm³/mol. The first-order valence-electron chi connectivity index (χ1n) is 4.65. The lowest BCUT2D eigenvalue weighted by atomic mass is 10.2. The van der Waals surface area contributed by atoms with Gasteiger partial charge in [-0.05, 0) is 19.9 Å². The minimum atomic E-state index is -0.717. The summed E-state index contributed by atoms with van der Waals surface area (Å²) in [5, 5.41) is 9.44. The van der Waals surface area contributed by atoms with E-state index < -0.39 is 6.10 Å². The number of nitrogens with zero attached hydrogens (tertiary/aromatic N) is 1. The van der Waals surface area contributed by atoms with Crippen LogP contribution in [0.1, 0.15) is 25.6 Å². The van der Waals surface area contributed by atoms with Gasteiger partial charge < -0.3 is 15.6 Å². The molecule has 1 unspecified atom stereocenters. The van der Waals surface area contributed by atoms with Crippen LogP contribution in [0.5, 0.6) is 5.88 Å². The first-order valence-corrected chi connectivity index (χ1v) is 4.65. The van der Waals surface area contributed by atoms with E-state index in [1.165, 1.54) is 0 Å². The highest BCUT2D eigenvalue weighted by molar-refractivity contribution is 5.17. The van der Waals surface area contributed by atoms with Crippen molar-refractivity contribution in [2.24, 2.45) is 5.73 Å². The number of aliphatic hydroxyl groups is 1. The molecule has 0 aliphatic rings.